The number of hydrogen-bond acceptors (Lipinski definition) is 3. The summed E-state index contributed by atoms with van der Waals surface area (Å²) in [4.78, 5) is 24.4. The highest BCUT2D eigenvalue weighted by atomic mass is 79.9. The second-order valence-electron chi connectivity index (χ2n) is 4.27. The van der Waals surface area contributed by atoms with Crippen LogP contribution in [0, 0.1) is 0 Å². The molecule has 0 radical (unpaired) electrons. The van der Waals surface area contributed by atoms with Gasteiger partial charge in [0.1, 0.15) is 0 Å². The number of rotatable bonds is 2. The molecule has 0 aliphatic carbocycles. The molecule has 1 aromatic carbocycles. The molecule has 1 aliphatic heterocycles. The van der Waals surface area contributed by atoms with Crippen LogP contribution in [0.1, 0.15) is 10.4 Å². The molecule has 0 saturated carbocycles. The number of aromatic carboxylic acids is 1. The van der Waals surface area contributed by atoms with E-state index in [0.29, 0.717) is 34.8 Å². The van der Waals surface area contributed by atoms with E-state index in [1.165, 1.54) is 18.2 Å². The minimum atomic E-state index is -1.03. The third-order valence-electron chi connectivity index (χ3n) is 2.92. The van der Waals surface area contributed by atoms with Crippen molar-refractivity contribution in [3.63, 3.8) is 0 Å². The van der Waals surface area contributed by atoms with E-state index in [2.05, 4.69) is 21.2 Å². The standard InChI is InChI=1S/C12H13BrN2O4S/c13-9-7-8(11(16)17)1-2-10(9)14-12(18)15-3-5-20(19)6-4-15/h1-2,7H,3-6H2,(H,14,18)(H,16,17). The molecule has 0 spiro atoms. The van der Waals surface area contributed by atoms with Crippen molar-refractivity contribution >= 4 is 44.4 Å². The van der Waals surface area contributed by atoms with E-state index in [0.717, 1.165) is 0 Å². The Morgan fingerprint density at radius 1 is 1.30 bits per heavy atom. The molecule has 0 bridgehead atoms. The Balaban J connectivity index is 2.04. The van der Waals surface area contributed by atoms with Crippen LogP contribution in [0.5, 0.6) is 0 Å². The van der Waals surface area contributed by atoms with Crippen molar-refractivity contribution in [3.05, 3.63) is 28.2 Å². The number of carboxylic acid groups (broad SMARTS) is 1. The fraction of sp³-hybridized carbons (Fsp3) is 0.333. The maximum Gasteiger partial charge on any atom is 0.335 e. The van der Waals surface area contributed by atoms with Gasteiger partial charge in [0.05, 0.1) is 11.3 Å². The summed E-state index contributed by atoms with van der Waals surface area (Å²) in [5, 5.41) is 11.6. The third kappa shape index (κ3) is 3.57. The lowest BCUT2D eigenvalue weighted by Crippen LogP contribution is -2.44. The maximum absolute atomic E-state index is 12.0. The zero-order chi connectivity index (χ0) is 14.7. The molecular formula is C12H13BrN2O4S. The van der Waals surface area contributed by atoms with Crippen molar-refractivity contribution in [1.29, 1.82) is 0 Å². The highest BCUT2D eigenvalue weighted by Crippen LogP contribution is 2.24. The molecule has 1 saturated heterocycles. The van der Waals surface area contributed by atoms with Gasteiger partial charge in [-0.05, 0) is 34.1 Å². The van der Waals surface area contributed by atoms with Crippen LogP contribution in [0.4, 0.5) is 10.5 Å². The predicted molar refractivity (Wildman–Crippen MR) is 79.6 cm³/mol. The summed E-state index contributed by atoms with van der Waals surface area (Å²) in [6.45, 7) is 0.923. The van der Waals surface area contributed by atoms with E-state index in [9.17, 15) is 13.8 Å². The lowest BCUT2D eigenvalue weighted by molar-refractivity contribution is 0.0697. The number of nitrogens with one attached hydrogen (secondary N) is 1. The van der Waals surface area contributed by atoms with Gasteiger partial charge in [0.2, 0.25) is 0 Å². The molecule has 8 heteroatoms. The van der Waals surface area contributed by atoms with Crippen LogP contribution in [0.2, 0.25) is 0 Å². The lowest BCUT2D eigenvalue weighted by atomic mass is 10.2. The fourth-order valence-electron chi connectivity index (χ4n) is 1.78. The van der Waals surface area contributed by atoms with Crippen molar-refractivity contribution in [2.45, 2.75) is 0 Å². The number of anilines is 1. The first-order chi connectivity index (χ1) is 9.47. The average Bonchev–Trinajstić information content (AvgIpc) is 2.41. The van der Waals surface area contributed by atoms with Crippen molar-refractivity contribution in [1.82, 2.24) is 4.90 Å². The number of nitrogens with zero attached hydrogens (tertiary/aromatic N) is 1. The van der Waals surface area contributed by atoms with E-state index in [1.54, 1.807) is 4.90 Å². The van der Waals surface area contributed by atoms with E-state index >= 15 is 0 Å². The summed E-state index contributed by atoms with van der Waals surface area (Å²) in [5.74, 6) is -0.0406. The Labute approximate surface area is 126 Å². The Morgan fingerprint density at radius 2 is 1.95 bits per heavy atom. The largest absolute Gasteiger partial charge is 0.478 e. The Hall–Kier alpha value is -1.41. The van der Waals surface area contributed by atoms with Crippen LogP contribution in [0.25, 0.3) is 0 Å². The van der Waals surface area contributed by atoms with Gasteiger partial charge in [-0.2, -0.15) is 0 Å². The smallest absolute Gasteiger partial charge is 0.335 e. The van der Waals surface area contributed by atoms with Gasteiger partial charge < -0.3 is 15.3 Å². The van der Waals surface area contributed by atoms with Crippen molar-refractivity contribution in [2.75, 3.05) is 29.9 Å². The molecule has 1 aliphatic rings. The monoisotopic (exact) mass is 360 g/mol. The molecule has 1 heterocycles. The molecular weight excluding hydrogens is 348 g/mol. The van der Waals surface area contributed by atoms with Crippen LogP contribution in [-0.2, 0) is 10.8 Å². The van der Waals surface area contributed by atoms with E-state index in [1.807, 2.05) is 0 Å². The Bertz CT molecular complexity index is 569. The summed E-state index contributed by atoms with van der Waals surface area (Å²) in [6.07, 6.45) is 0. The zero-order valence-corrected chi connectivity index (χ0v) is 12.9. The molecule has 6 nitrogen and oxygen atoms in total. The van der Waals surface area contributed by atoms with Gasteiger partial charge in [0.15, 0.2) is 0 Å². The van der Waals surface area contributed by atoms with Crippen LogP contribution in [-0.4, -0.2) is 50.8 Å². The number of amides is 2. The van der Waals surface area contributed by atoms with Crippen molar-refractivity contribution in [2.24, 2.45) is 0 Å². The Morgan fingerprint density at radius 3 is 2.50 bits per heavy atom. The minimum Gasteiger partial charge on any atom is -0.478 e. The fourth-order valence-corrected chi connectivity index (χ4v) is 3.31. The van der Waals surface area contributed by atoms with Gasteiger partial charge in [-0.25, -0.2) is 9.59 Å². The highest BCUT2D eigenvalue weighted by molar-refractivity contribution is 9.10. The lowest BCUT2D eigenvalue weighted by Gasteiger charge is -2.26. The predicted octanol–water partition coefficient (Wildman–Crippen LogP) is 1.74. The Kier molecular flexibility index (Phi) is 4.77. The molecule has 2 N–H and O–H groups in total. The number of halogens is 1. The van der Waals surface area contributed by atoms with Crippen LogP contribution in [0.15, 0.2) is 22.7 Å². The number of benzene rings is 1. The quantitative estimate of drug-likeness (QED) is 0.840. The van der Waals surface area contributed by atoms with Crippen molar-refractivity contribution in [3.8, 4) is 0 Å². The molecule has 1 fully saturated rings. The summed E-state index contributed by atoms with van der Waals surface area (Å²) in [6, 6.07) is 4.12. The molecule has 2 amide bonds. The maximum atomic E-state index is 12.0. The number of carboxylic acids is 1. The van der Waals surface area contributed by atoms with Gasteiger partial charge in [-0.3, -0.25) is 4.21 Å². The number of hydrogen-bond donors (Lipinski definition) is 2. The van der Waals surface area contributed by atoms with E-state index < -0.39 is 16.8 Å². The van der Waals surface area contributed by atoms with E-state index in [4.69, 9.17) is 5.11 Å². The van der Waals surface area contributed by atoms with Gasteiger partial charge in [0, 0.05) is 39.9 Å². The van der Waals surface area contributed by atoms with Gasteiger partial charge >= 0.3 is 12.0 Å². The number of carbonyl (C=O) groups is 2. The molecule has 0 unspecified atom stereocenters. The molecule has 20 heavy (non-hydrogen) atoms. The molecule has 1 aromatic rings. The summed E-state index contributed by atoms with van der Waals surface area (Å²) in [7, 11) is -0.833. The average molecular weight is 361 g/mol. The summed E-state index contributed by atoms with van der Waals surface area (Å²) >= 11 is 3.23. The molecule has 2 rings (SSSR count). The SMILES string of the molecule is O=C(O)c1ccc(NC(=O)N2CCS(=O)CC2)c(Br)c1. The third-order valence-corrected chi connectivity index (χ3v) is 4.85. The first-order valence-corrected chi connectivity index (χ1v) is 8.19. The summed E-state index contributed by atoms with van der Waals surface area (Å²) in [5.41, 5.74) is 0.648. The van der Waals surface area contributed by atoms with Gasteiger partial charge in [0.25, 0.3) is 0 Å². The molecule has 0 atom stereocenters. The second-order valence-corrected chi connectivity index (χ2v) is 6.82. The molecule has 0 aromatic heterocycles. The van der Waals surface area contributed by atoms with Crippen LogP contribution >= 0.6 is 15.9 Å². The number of urea groups is 1. The van der Waals surface area contributed by atoms with Gasteiger partial charge in [-0.15, -0.1) is 0 Å². The van der Waals surface area contributed by atoms with Gasteiger partial charge in [-0.1, -0.05) is 0 Å². The van der Waals surface area contributed by atoms with Crippen LogP contribution < -0.4 is 5.32 Å². The minimum absolute atomic E-state index is 0.142. The molecule has 108 valence electrons. The summed E-state index contributed by atoms with van der Waals surface area (Å²) < 4.78 is 11.7. The zero-order valence-electron chi connectivity index (χ0n) is 10.5. The normalized spacial score (nSPS) is 15.9. The van der Waals surface area contributed by atoms with Crippen LogP contribution in [0.3, 0.4) is 0 Å². The van der Waals surface area contributed by atoms with E-state index in [-0.39, 0.29) is 11.6 Å². The number of carbonyl (C=O) groups excluding carboxylic acids is 1. The van der Waals surface area contributed by atoms with Crippen molar-refractivity contribution < 1.29 is 18.9 Å². The first-order valence-electron chi connectivity index (χ1n) is 5.91. The highest BCUT2D eigenvalue weighted by Gasteiger charge is 2.20. The second kappa shape index (κ2) is 6.36. The first kappa shape index (κ1) is 15.0. The topological polar surface area (TPSA) is 86.7 Å².